The van der Waals surface area contributed by atoms with Crippen molar-refractivity contribution in [1.29, 1.82) is 0 Å². The molecule has 1 amide bonds. The molecule has 0 atom stereocenters. The summed E-state index contributed by atoms with van der Waals surface area (Å²) in [4.78, 5) is 21.9. The third kappa shape index (κ3) is 5.09. The Morgan fingerprint density at radius 1 is 1.14 bits per heavy atom. The number of likely N-dealkylation sites (N-methyl/N-ethyl adjacent to an activating group) is 1. The largest absolute Gasteiger partial charge is 0.418 e. The lowest BCUT2D eigenvalue weighted by molar-refractivity contribution is -0.387. The number of carbonyl (C=O) groups is 1. The van der Waals surface area contributed by atoms with Gasteiger partial charge < -0.3 is 5.32 Å². The number of nitro benzene ring substituents is 1. The Morgan fingerprint density at radius 3 is 2.31 bits per heavy atom. The molecule has 0 heterocycles. The van der Waals surface area contributed by atoms with Crippen LogP contribution in [0, 0.1) is 10.1 Å². The van der Waals surface area contributed by atoms with E-state index < -0.39 is 55.4 Å². The highest BCUT2D eigenvalue weighted by atomic mass is 32.2. The van der Waals surface area contributed by atoms with Crippen molar-refractivity contribution >= 4 is 27.3 Å². The predicted molar refractivity (Wildman–Crippen MR) is 97.6 cm³/mol. The fourth-order valence-corrected chi connectivity index (χ4v) is 4.08. The molecule has 0 saturated heterocycles. The number of rotatable bonds is 7. The summed E-state index contributed by atoms with van der Waals surface area (Å²) in [6, 6.07) is 8.84. The van der Waals surface area contributed by atoms with Crippen LogP contribution >= 0.6 is 0 Å². The van der Waals surface area contributed by atoms with E-state index in [2.05, 4.69) is 0 Å². The van der Waals surface area contributed by atoms with Gasteiger partial charge in [0.05, 0.1) is 22.7 Å². The number of amides is 1. The van der Waals surface area contributed by atoms with Crippen molar-refractivity contribution in [2.24, 2.45) is 0 Å². The van der Waals surface area contributed by atoms with E-state index in [1.165, 1.54) is 25.1 Å². The number of sulfonamides is 1. The van der Waals surface area contributed by atoms with Gasteiger partial charge in [0, 0.05) is 12.6 Å². The second kappa shape index (κ2) is 8.57. The molecule has 0 radical (unpaired) electrons. The topological polar surface area (TPSA) is 110 Å². The van der Waals surface area contributed by atoms with Crippen LogP contribution in [-0.4, -0.2) is 36.6 Å². The molecule has 0 saturated carbocycles. The number of alkyl halides is 3. The highest BCUT2D eigenvalue weighted by molar-refractivity contribution is 7.89. The fraction of sp³-hybridized carbons (Fsp3) is 0.235. The second-order valence-electron chi connectivity index (χ2n) is 5.75. The molecule has 29 heavy (non-hydrogen) atoms. The molecule has 0 aromatic heterocycles. The number of carbonyl (C=O) groups excluding carboxylic acids is 1. The van der Waals surface area contributed by atoms with Crippen LogP contribution in [0.3, 0.4) is 0 Å². The Labute approximate surface area is 164 Å². The third-order valence-corrected chi connectivity index (χ3v) is 5.83. The molecular weight excluding hydrogens is 415 g/mol. The monoisotopic (exact) mass is 431 g/mol. The smallest absolute Gasteiger partial charge is 0.324 e. The molecule has 1 N–H and O–H groups in total. The SMILES string of the molecule is CCN(CC(=O)Nc1ccccc1C(F)(F)F)S(=O)(=O)c1ccccc1[N+](=O)[O-]. The Morgan fingerprint density at radius 2 is 1.72 bits per heavy atom. The van der Waals surface area contributed by atoms with E-state index in [0.29, 0.717) is 4.31 Å². The van der Waals surface area contributed by atoms with Crippen molar-refractivity contribution < 1.29 is 31.3 Å². The average Bonchev–Trinajstić information content (AvgIpc) is 2.65. The number of halogens is 3. The van der Waals surface area contributed by atoms with Gasteiger partial charge >= 0.3 is 6.18 Å². The van der Waals surface area contributed by atoms with Gasteiger partial charge in [-0.2, -0.15) is 17.5 Å². The molecule has 0 spiro atoms. The van der Waals surface area contributed by atoms with E-state index >= 15 is 0 Å². The molecule has 12 heteroatoms. The number of hydrogen-bond acceptors (Lipinski definition) is 5. The van der Waals surface area contributed by atoms with Gasteiger partial charge in [-0.3, -0.25) is 14.9 Å². The summed E-state index contributed by atoms with van der Waals surface area (Å²) in [5.74, 6) is -1.02. The van der Waals surface area contributed by atoms with Crippen LogP contribution in [0.4, 0.5) is 24.5 Å². The van der Waals surface area contributed by atoms with Crippen LogP contribution in [-0.2, 0) is 21.0 Å². The van der Waals surface area contributed by atoms with Gasteiger partial charge in [-0.25, -0.2) is 8.42 Å². The van der Waals surface area contributed by atoms with Crippen LogP contribution in [0.5, 0.6) is 0 Å². The Hall–Kier alpha value is -2.99. The molecule has 0 unspecified atom stereocenters. The molecule has 2 aromatic rings. The van der Waals surface area contributed by atoms with Crippen LogP contribution in [0.25, 0.3) is 0 Å². The second-order valence-corrected chi connectivity index (χ2v) is 7.65. The molecule has 0 aliphatic heterocycles. The molecular formula is C17H16F3N3O5S. The Kier molecular flexibility index (Phi) is 6.59. The van der Waals surface area contributed by atoms with Crippen molar-refractivity contribution in [2.45, 2.75) is 18.0 Å². The van der Waals surface area contributed by atoms with Gasteiger partial charge in [0.15, 0.2) is 4.90 Å². The Balaban J connectivity index is 2.29. The molecule has 0 fully saturated rings. The molecule has 2 aromatic carbocycles. The maximum atomic E-state index is 13.0. The van der Waals surface area contributed by atoms with Gasteiger partial charge in [-0.1, -0.05) is 31.2 Å². The van der Waals surface area contributed by atoms with Gasteiger partial charge in [0.1, 0.15) is 0 Å². The first-order valence-corrected chi connectivity index (χ1v) is 9.62. The lowest BCUT2D eigenvalue weighted by atomic mass is 10.1. The zero-order valence-corrected chi connectivity index (χ0v) is 15.8. The minimum Gasteiger partial charge on any atom is -0.324 e. The minimum absolute atomic E-state index is 0.233. The first-order chi connectivity index (χ1) is 13.5. The van der Waals surface area contributed by atoms with E-state index in [-0.39, 0.29) is 6.54 Å². The van der Waals surface area contributed by atoms with Gasteiger partial charge in [-0.05, 0) is 18.2 Å². The fourth-order valence-electron chi connectivity index (χ4n) is 2.52. The number of hydrogen-bond donors (Lipinski definition) is 1. The van der Waals surface area contributed by atoms with Crippen LogP contribution in [0.15, 0.2) is 53.4 Å². The third-order valence-electron chi connectivity index (χ3n) is 3.86. The lowest BCUT2D eigenvalue weighted by Gasteiger charge is -2.20. The molecule has 0 aliphatic carbocycles. The van der Waals surface area contributed by atoms with E-state index in [9.17, 15) is 36.5 Å². The maximum absolute atomic E-state index is 13.0. The summed E-state index contributed by atoms with van der Waals surface area (Å²) < 4.78 is 65.3. The standard InChI is InChI=1S/C17H16F3N3O5S/c1-2-22(29(27,28)15-10-6-5-9-14(15)23(25)26)11-16(24)21-13-8-4-3-7-12(13)17(18,19)20/h3-10H,2,11H2,1H3,(H,21,24). The van der Waals surface area contributed by atoms with Gasteiger partial charge in [-0.15, -0.1) is 0 Å². The van der Waals surface area contributed by atoms with E-state index in [1.807, 2.05) is 5.32 Å². The molecule has 0 aliphatic rings. The number of anilines is 1. The number of benzene rings is 2. The van der Waals surface area contributed by atoms with Crippen molar-refractivity contribution in [2.75, 3.05) is 18.4 Å². The van der Waals surface area contributed by atoms with E-state index in [4.69, 9.17) is 0 Å². The zero-order valence-electron chi connectivity index (χ0n) is 15.0. The molecule has 2 rings (SSSR count). The van der Waals surface area contributed by atoms with Crippen LogP contribution in [0.2, 0.25) is 0 Å². The molecule has 0 bridgehead atoms. The van der Waals surface area contributed by atoms with Crippen molar-refractivity contribution in [3.63, 3.8) is 0 Å². The first-order valence-electron chi connectivity index (χ1n) is 8.18. The van der Waals surface area contributed by atoms with E-state index in [0.717, 1.165) is 30.3 Å². The summed E-state index contributed by atoms with van der Waals surface area (Å²) in [7, 11) is -4.44. The quantitative estimate of drug-likeness (QED) is 0.535. The summed E-state index contributed by atoms with van der Waals surface area (Å²) in [6.45, 7) is 0.336. The lowest BCUT2D eigenvalue weighted by Crippen LogP contribution is -2.38. The normalized spacial score (nSPS) is 12.0. The summed E-state index contributed by atoms with van der Waals surface area (Å²) in [5, 5.41) is 13.2. The summed E-state index contributed by atoms with van der Waals surface area (Å²) in [5.41, 5.74) is -2.28. The number of nitrogens with zero attached hydrogens (tertiary/aromatic N) is 2. The van der Waals surface area contributed by atoms with Gasteiger partial charge in [0.25, 0.3) is 5.69 Å². The molecule has 156 valence electrons. The zero-order chi connectivity index (χ0) is 21.8. The Bertz CT molecular complexity index is 1020. The number of nitrogens with one attached hydrogen (secondary N) is 1. The summed E-state index contributed by atoms with van der Waals surface area (Å²) in [6.07, 6.45) is -4.72. The number of nitro groups is 1. The number of para-hydroxylation sites is 2. The highest BCUT2D eigenvalue weighted by Gasteiger charge is 2.35. The van der Waals surface area contributed by atoms with Crippen LogP contribution in [0.1, 0.15) is 12.5 Å². The van der Waals surface area contributed by atoms with Crippen molar-refractivity contribution in [1.82, 2.24) is 4.31 Å². The summed E-state index contributed by atoms with van der Waals surface area (Å²) >= 11 is 0. The van der Waals surface area contributed by atoms with E-state index in [1.54, 1.807) is 0 Å². The minimum atomic E-state index is -4.72. The average molecular weight is 431 g/mol. The van der Waals surface area contributed by atoms with Crippen molar-refractivity contribution in [3.05, 3.63) is 64.2 Å². The predicted octanol–water partition coefficient (Wildman–Crippen LogP) is 3.26. The van der Waals surface area contributed by atoms with Crippen molar-refractivity contribution in [3.8, 4) is 0 Å². The highest BCUT2D eigenvalue weighted by Crippen LogP contribution is 2.34. The van der Waals surface area contributed by atoms with Gasteiger partial charge in [0.2, 0.25) is 15.9 Å². The molecule has 8 nitrogen and oxygen atoms in total. The van der Waals surface area contributed by atoms with Crippen LogP contribution < -0.4 is 5.32 Å². The first kappa shape index (κ1) is 22.3. The maximum Gasteiger partial charge on any atom is 0.418 e.